The van der Waals surface area contributed by atoms with Gasteiger partial charge >= 0.3 is 0 Å². The number of hydrogen-bond acceptors (Lipinski definition) is 4. The summed E-state index contributed by atoms with van der Waals surface area (Å²) in [6, 6.07) is 0. The third-order valence-electron chi connectivity index (χ3n) is 5.85. The zero-order valence-corrected chi connectivity index (χ0v) is 20.8. The van der Waals surface area contributed by atoms with Crippen molar-refractivity contribution in [2.75, 3.05) is 6.54 Å². The lowest BCUT2D eigenvalue weighted by atomic mass is 9.77. The van der Waals surface area contributed by atoms with Crippen LogP contribution in [0, 0.1) is 13.8 Å². The van der Waals surface area contributed by atoms with Crippen molar-refractivity contribution in [3.8, 4) is 5.75 Å². The highest BCUT2D eigenvalue weighted by Gasteiger charge is 2.41. The van der Waals surface area contributed by atoms with Crippen LogP contribution in [-0.4, -0.2) is 30.5 Å². The number of rotatable bonds is 6. The van der Waals surface area contributed by atoms with Crippen molar-refractivity contribution in [3.63, 3.8) is 0 Å². The quantitative estimate of drug-likeness (QED) is 0.676. The van der Waals surface area contributed by atoms with Gasteiger partial charge in [0.1, 0.15) is 5.75 Å². The molecule has 1 unspecified atom stereocenters. The highest BCUT2D eigenvalue weighted by atomic mass is 28.4. The number of hydrogen-bond donors (Lipinski definition) is 2. The van der Waals surface area contributed by atoms with Crippen LogP contribution in [0.4, 0.5) is 0 Å². The second-order valence-corrected chi connectivity index (χ2v) is 15.0. The molecule has 0 aliphatic carbocycles. The van der Waals surface area contributed by atoms with Crippen molar-refractivity contribution in [3.05, 3.63) is 27.8 Å². The maximum Gasteiger partial charge on any atom is 0.250 e. The average Bonchev–Trinajstić information content (AvgIpc) is 2.49. The summed E-state index contributed by atoms with van der Waals surface area (Å²) in [5.41, 5.74) is 10.7. The first-order chi connectivity index (χ1) is 12.1. The summed E-state index contributed by atoms with van der Waals surface area (Å²) in [7, 11) is 1.11. The molecule has 0 aliphatic rings. The monoisotopic (exact) mass is 408 g/mol. The zero-order chi connectivity index (χ0) is 21.4. The first-order valence-corrected chi connectivity index (χ1v) is 12.9. The number of benzene rings is 1. The lowest BCUT2D eigenvalue weighted by molar-refractivity contribution is 0.182. The topological polar surface area (TPSA) is 64.7 Å². The molecule has 0 spiro atoms. The van der Waals surface area contributed by atoms with Gasteiger partial charge in [0.05, 0.1) is 12.7 Å². The fourth-order valence-corrected chi connectivity index (χ4v) is 4.39. The van der Waals surface area contributed by atoms with Crippen molar-refractivity contribution in [2.45, 2.75) is 91.6 Å². The third-order valence-corrected chi connectivity index (χ3v) is 10.3. The summed E-state index contributed by atoms with van der Waals surface area (Å²) >= 11 is 0. The fourth-order valence-electron chi connectivity index (χ4n) is 3.18. The van der Waals surface area contributed by atoms with Crippen LogP contribution in [0.1, 0.15) is 75.5 Å². The molecule has 27 heavy (non-hydrogen) atoms. The molecule has 4 nitrogen and oxygen atoms in total. The van der Waals surface area contributed by atoms with Gasteiger partial charge in [-0.25, -0.2) is 0 Å². The lowest BCUT2D eigenvalue weighted by Crippen LogP contribution is -2.44. The SMILES string of the molecule is Cc1c(C)c(C(O)CN)c(CO[Si])c(C(C)(C)C)c1O[Si](C)(C)C(C)(C)C. The second-order valence-electron chi connectivity index (χ2n) is 10.00. The van der Waals surface area contributed by atoms with Gasteiger partial charge in [-0.2, -0.15) is 0 Å². The van der Waals surface area contributed by atoms with Gasteiger partial charge in [-0.05, 0) is 59.6 Å². The van der Waals surface area contributed by atoms with E-state index in [0.29, 0.717) is 6.61 Å². The van der Waals surface area contributed by atoms with Crippen molar-refractivity contribution >= 4 is 18.8 Å². The molecule has 0 amide bonds. The van der Waals surface area contributed by atoms with E-state index in [2.05, 4.69) is 72.0 Å². The van der Waals surface area contributed by atoms with E-state index in [9.17, 15) is 5.11 Å². The summed E-state index contributed by atoms with van der Waals surface area (Å²) < 4.78 is 12.2. The van der Waals surface area contributed by atoms with Crippen LogP contribution < -0.4 is 10.2 Å². The molecule has 0 aromatic heterocycles. The Balaban J connectivity index is 3.93. The standard InChI is InChI=1S/C21H38NO3Si2/c1-13-14(2)19(25-27(9,10)21(6,7)8)18(20(3,4)5)15(12-24-26)17(13)16(23)11-22/h16,23H,11-12,22H2,1-10H3. The predicted molar refractivity (Wildman–Crippen MR) is 117 cm³/mol. The maximum atomic E-state index is 10.7. The van der Waals surface area contributed by atoms with Crippen LogP contribution in [0.5, 0.6) is 5.75 Å². The molecule has 0 saturated heterocycles. The van der Waals surface area contributed by atoms with E-state index in [4.69, 9.17) is 14.6 Å². The first kappa shape index (κ1) is 24.4. The first-order valence-electron chi connectivity index (χ1n) is 9.62. The van der Waals surface area contributed by atoms with Gasteiger partial charge in [0.2, 0.25) is 10.5 Å². The van der Waals surface area contributed by atoms with Crippen molar-refractivity contribution in [1.29, 1.82) is 0 Å². The Morgan fingerprint density at radius 3 is 1.96 bits per heavy atom. The van der Waals surface area contributed by atoms with Gasteiger partial charge in [-0.3, -0.25) is 0 Å². The summed E-state index contributed by atoms with van der Waals surface area (Å²) in [5, 5.41) is 10.7. The van der Waals surface area contributed by atoms with Crippen molar-refractivity contribution in [2.24, 2.45) is 5.73 Å². The Hall–Kier alpha value is -0.666. The maximum absolute atomic E-state index is 10.7. The normalized spacial score (nSPS) is 14.4. The van der Waals surface area contributed by atoms with Gasteiger partial charge in [0, 0.05) is 12.1 Å². The Morgan fingerprint density at radius 2 is 1.59 bits per heavy atom. The van der Waals surface area contributed by atoms with Gasteiger partial charge in [-0.15, -0.1) is 0 Å². The molecule has 0 saturated carbocycles. The molecule has 0 bridgehead atoms. The van der Waals surface area contributed by atoms with E-state index < -0.39 is 14.4 Å². The van der Waals surface area contributed by atoms with Gasteiger partial charge < -0.3 is 19.7 Å². The summed E-state index contributed by atoms with van der Waals surface area (Å²) in [6.07, 6.45) is -0.733. The molecule has 0 fully saturated rings. The van der Waals surface area contributed by atoms with E-state index in [1.807, 2.05) is 6.92 Å². The molecular formula is C21H38NO3Si2. The molecule has 1 rings (SSSR count). The summed E-state index contributed by atoms with van der Waals surface area (Å²) in [4.78, 5) is 0. The van der Waals surface area contributed by atoms with E-state index in [0.717, 1.165) is 33.6 Å². The predicted octanol–water partition coefficient (Wildman–Crippen LogP) is 4.58. The van der Waals surface area contributed by atoms with Crippen LogP contribution in [0.25, 0.3) is 0 Å². The van der Waals surface area contributed by atoms with Crippen molar-refractivity contribution in [1.82, 2.24) is 0 Å². The Morgan fingerprint density at radius 1 is 1.07 bits per heavy atom. The van der Waals surface area contributed by atoms with Crippen LogP contribution in [0.15, 0.2) is 0 Å². The Labute approximate surface area is 170 Å². The molecule has 3 radical (unpaired) electrons. The zero-order valence-electron chi connectivity index (χ0n) is 18.8. The summed E-state index contributed by atoms with van der Waals surface area (Å²) in [5.74, 6) is 0.943. The molecule has 3 N–H and O–H groups in total. The Bertz CT molecular complexity index is 674. The van der Waals surface area contributed by atoms with Crippen LogP contribution in [-0.2, 0) is 16.4 Å². The minimum Gasteiger partial charge on any atom is -0.543 e. The van der Waals surface area contributed by atoms with E-state index in [1.165, 1.54) is 0 Å². The van der Waals surface area contributed by atoms with E-state index in [1.54, 1.807) is 0 Å². The van der Waals surface area contributed by atoms with Gasteiger partial charge in [-0.1, -0.05) is 41.5 Å². The van der Waals surface area contributed by atoms with Gasteiger partial charge in [0.25, 0.3) is 8.32 Å². The minimum atomic E-state index is -2.05. The second kappa shape index (κ2) is 8.37. The highest BCUT2D eigenvalue weighted by molar-refractivity contribution is 6.74. The summed E-state index contributed by atoms with van der Waals surface area (Å²) in [6.45, 7) is 22.4. The lowest BCUT2D eigenvalue weighted by Gasteiger charge is -2.40. The Kier molecular flexibility index (Phi) is 7.56. The third kappa shape index (κ3) is 5.04. The molecule has 0 heterocycles. The van der Waals surface area contributed by atoms with Gasteiger partial charge in [0.15, 0.2) is 0 Å². The smallest absolute Gasteiger partial charge is 0.250 e. The number of aliphatic hydroxyl groups is 1. The van der Waals surface area contributed by atoms with Crippen LogP contribution in [0.3, 0.4) is 0 Å². The van der Waals surface area contributed by atoms with Crippen molar-refractivity contribution < 1.29 is 14.0 Å². The average molecular weight is 409 g/mol. The highest BCUT2D eigenvalue weighted by Crippen LogP contribution is 2.46. The fraction of sp³-hybridized carbons (Fsp3) is 0.714. The van der Waals surface area contributed by atoms with Crippen LogP contribution in [0.2, 0.25) is 18.1 Å². The minimum absolute atomic E-state index is 0.0870. The number of aliphatic hydroxyl groups excluding tert-OH is 1. The molecule has 153 valence electrons. The number of nitrogens with two attached hydrogens (primary N) is 1. The molecule has 1 aromatic rings. The molecular weight excluding hydrogens is 370 g/mol. The molecule has 6 heteroatoms. The van der Waals surface area contributed by atoms with E-state index >= 15 is 0 Å². The van der Waals surface area contributed by atoms with E-state index in [-0.39, 0.29) is 17.0 Å². The molecule has 1 atom stereocenters. The largest absolute Gasteiger partial charge is 0.543 e. The molecule has 0 aliphatic heterocycles. The molecule has 1 aromatic carbocycles. The van der Waals surface area contributed by atoms with Crippen LogP contribution >= 0.6 is 0 Å².